The fourth-order valence-corrected chi connectivity index (χ4v) is 4.85. The number of hydrogen-bond donors (Lipinski definition) is 2. The van der Waals surface area contributed by atoms with Crippen LogP contribution in [0.4, 0.5) is 24.7 Å². The Morgan fingerprint density at radius 2 is 1.74 bits per heavy atom. The van der Waals surface area contributed by atoms with E-state index in [0.717, 1.165) is 11.9 Å². The fourth-order valence-electron chi connectivity index (χ4n) is 4.45. The number of aromatic nitrogens is 2. The molecule has 186 valence electrons. The molecule has 1 fully saturated rings. The molecule has 0 bridgehead atoms. The molecule has 1 aromatic carbocycles. The van der Waals surface area contributed by atoms with Crippen LogP contribution in [-0.4, -0.2) is 42.1 Å². The zero-order valence-corrected chi connectivity index (χ0v) is 20.7. The van der Waals surface area contributed by atoms with Gasteiger partial charge in [0.25, 0.3) is 5.91 Å². The molecular formula is C25H28F3N5OS. The summed E-state index contributed by atoms with van der Waals surface area (Å²) < 4.78 is 42.0. The van der Waals surface area contributed by atoms with Gasteiger partial charge in [0.05, 0.1) is 22.5 Å². The highest BCUT2D eigenvalue weighted by atomic mass is 32.1. The number of para-hydroxylation sites is 1. The SMILES string of the molecule is Cc1nc(N(C)C)ccc1C(=O)NC1CCC(N(S)c2cc(C(F)(F)F)nc3ccccc23)CC1. The minimum absolute atomic E-state index is 0.0201. The number of nitrogens with one attached hydrogen (secondary N) is 1. The van der Waals surface area contributed by atoms with Crippen molar-refractivity contribution in [2.45, 2.75) is 50.9 Å². The topological polar surface area (TPSA) is 61.4 Å². The molecule has 0 spiro atoms. The van der Waals surface area contributed by atoms with Crippen molar-refractivity contribution in [1.82, 2.24) is 15.3 Å². The average Bonchev–Trinajstić information content (AvgIpc) is 2.82. The first-order chi connectivity index (χ1) is 16.5. The molecule has 1 amide bonds. The summed E-state index contributed by atoms with van der Waals surface area (Å²) in [6.45, 7) is 1.81. The van der Waals surface area contributed by atoms with Crippen molar-refractivity contribution in [2.75, 3.05) is 23.3 Å². The summed E-state index contributed by atoms with van der Waals surface area (Å²) in [4.78, 5) is 23.0. The Bertz CT molecular complexity index is 1230. The number of halogens is 3. The number of fused-ring (bicyclic) bond motifs is 1. The summed E-state index contributed by atoms with van der Waals surface area (Å²) in [7, 11) is 3.78. The zero-order valence-electron chi connectivity index (χ0n) is 19.8. The third kappa shape index (κ3) is 5.47. The Hall–Kier alpha value is -3.01. The molecule has 0 aliphatic heterocycles. The third-order valence-corrected chi connectivity index (χ3v) is 6.93. The fraction of sp³-hybridized carbons (Fsp3) is 0.400. The van der Waals surface area contributed by atoms with E-state index < -0.39 is 11.9 Å². The van der Waals surface area contributed by atoms with Gasteiger partial charge >= 0.3 is 6.18 Å². The van der Waals surface area contributed by atoms with Crippen molar-refractivity contribution in [3.05, 3.63) is 59.4 Å². The Morgan fingerprint density at radius 3 is 2.37 bits per heavy atom. The van der Waals surface area contributed by atoms with Gasteiger partial charge in [-0.25, -0.2) is 9.97 Å². The van der Waals surface area contributed by atoms with Gasteiger partial charge in [-0.3, -0.25) is 4.79 Å². The quantitative estimate of drug-likeness (QED) is 0.456. The summed E-state index contributed by atoms with van der Waals surface area (Å²) in [5.41, 5.74) is 0.934. The maximum Gasteiger partial charge on any atom is 0.433 e. The lowest BCUT2D eigenvalue weighted by molar-refractivity contribution is -0.140. The number of nitrogens with zero attached hydrogens (tertiary/aromatic N) is 4. The van der Waals surface area contributed by atoms with Gasteiger partial charge in [-0.05, 0) is 56.9 Å². The predicted octanol–water partition coefficient (Wildman–Crippen LogP) is 5.42. The van der Waals surface area contributed by atoms with Crippen LogP contribution in [0.1, 0.15) is 47.4 Å². The van der Waals surface area contributed by atoms with Crippen LogP contribution >= 0.6 is 12.8 Å². The van der Waals surface area contributed by atoms with Crippen molar-refractivity contribution in [1.29, 1.82) is 0 Å². The minimum Gasteiger partial charge on any atom is -0.363 e. The number of benzene rings is 1. The monoisotopic (exact) mass is 503 g/mol. The molecule has 0 radical (unpaired) electrons. The molecule has 10 heteroatoms. The molecular weight excluding hydrogens is 475 g/mol. The van der Waals surface area contributed by atoms with Crippen LogP contribution in [0.15, 0.2) is 42.5 Å². The van der Waals surface area contributed by atoms with Crippen molar-refractivity contribution in [3.63, 3.8) is 0 Å². The zero-order chi connectivity index (χ0) is 25.3. The molecule has 6 nitrogen and oxygen atoms in total. The Balaban J connectivity index is 1.45. The number of aryl methyl sites for hydroxylation is 1. The first-order valence-corrected chi connectivity index (χ1v) is 11.9. The van der Waals surface area contributed by atoms with E-state index in [4.69, 9.17) is 0 Å². The summed E-state index contributed by atoms with van der Waals surface area (Å²) in [6, 6.07) is 11.3. The number of carbonyl (C=O) groups is 1. The van der Waals surface area contributed by atoms with E-state index in [9.17, 15) is 18.0 Å². The summed E-state index contributed by atoms with van der Waals surface area (Å²) >= 11 is 4.62. The summed E-state index contributed by atoms with van der Waals surface area (Å²) in [6.07, 6.45) is -1.78. The highest BCUT2D eigenvalue weighted by molar-refractivity contribution is 7.81. The number of thiol groups is 1. The number of rotatable bonds is 5. The van der Waals surface area contributed by atoms with Gasteiger partial charge in [0, 0.05) is 31.6 Å². The molecule has 1 aliphatic carbocycles. The lowest BCUT2D eigenvalue weighted by atomic mass is 9.90. The lowest BCUT2D eigenvalue weighted by Gasteiger charge is -2.35. The third-order valence-electron chi connectivity index (χ3n) is 6.38. The van der Waals surface area contributed by atoms with E-state index in [2.05, 4.69) is 28.1 Å². The van der Waals surface area contributed by atoms with Gasteiger partial charge in [-0.1, -0.05) is 31.0 Å². The van der Waals surface area contributed by atoms with Gasteiger partial charge in [-0.2, -0.15) is 13.2 Å². The lowest BCUT2D eigenvalue weighted by Crippen LogP contribution is -2.42. The maximum absolute atomic E-state index is 13.5. The standard InChI is InChI=1S/C25H28F3N5OS/c1-15-18(12-13-23(29-15)32(2)3)24(34)30-16-8-10-17(11-9-16)33(35)21-14-22(25(26,27)28)31-20-7-5-4-6-19(20)21/h4-7,12-14,16-17,35H,8-11H2,1-3H3,(H,30,34). The molecule has 0 unspecified atom stereocenters. The molecule has 0 saturated heterocycles. The van der Waals surface area contributed by atoms with E-state index in [1.165, 1.54) is 0 Å². The maximum atomic E-state index is 13.5. The Labute approximate surface area is 208 Å². The Kier molecular flexibility index (Phi) is 7.12. The van der Waals surface area contributed by atoms with Crippen molar-refractivity contribution >= 4 is 41.1 Å². The second-order valence-electron chi connectivity index (χ2n) is 9.06. The van der Waals surface area contributed by atoms with Gasteiger partial charge in [0.15, 0.2) is 0 Å². The second-order valence-corrected chi connectivity index (χ2v) is 9.49. The van der Waals surface area contributed by atoms with Crippen LogP contribution in [-0.2, 0) is 6.18 Å². The van der Waals surface area contributed by atoms with Crippen LogP contribution in [0.25, 0.3) is 10.9 Å². The number of hydrogen-bond acceptors (Lipinski definition) is 6. The molecule has 4 rings (SSSR count). The molecule has 1 aliphatic rings. The Morgan fingerprint density at radius 1 is 1.06 bits per heavy atom. The van der Waals surface area contributed by atoms with E-state index in [-0.39, 0.29) is 23.5 Å². The molecule has 1 N–H and O–H groups in total. The van der Waals surface area contributed by atoms with Crippen LogP contribution in [0.2, 0.25) is 0 Å². The smallest absolute Gasteiger partial charge is 0.363 e. The molecule has 3 aromatic rings. The molecule has 2 aromatic heterocycles. The number of pyridine rings is 2. The molecule has 35 heavy (non-hydrogen) atoms. The van der Waals surface area contributed by atoms with E-state index in [1.54, 1.807) is 34.6 Å². The van der Waals surface area contributed by atoms with E-state index in [1.807, 2.05) is 32.0 Å². The van der Waals surface area contributed by atoms with E-state index >= 15 is 0 Å². The van der Waals surface area contributed by atoms with Gasteiger partial charge in [0.2, 0.25) is 0 Å². The predicted molar refractivity (Wildman–Crippen MR) is 135 cm³/mol. The first-order valence-electron chi connectivity index (χ1n) is 11.5. The van der Waals surface area contributed by atoms with Crippen LogP contribution in [0, 0.1) is 6.92 Å². The van der Waals surface area contributed by atoms with Crippen LogP contribution in [0.5, 0.6) is 0 Å². The number of alkyl halides is 3. The summed E-state index contributed by atoms with van der Waals surface area (Å²) in [5.74, 6) is 0.618. The number of amides is 1. The van der Waals surface area contributed by atoms with Crippen molar-refractivity contribution in [2.24, 2.45) is 0 Å². The van der Waals surface area contributed by atoms with E-state index in [0.29, 0.717) is 48.0 Å². The molecule has 1 saturated carbocycles. The normalized spacial score (nSPS) is 18.4. The number of anilines is 2. The van der Waals surface area contributed by atoms with Crippen LogP contribution in [0.3, 0.4) is 0 Å². The van der Waals surface area contributed by atoms with Gasteiger partial charge in [0.1, 0.15) is 11.5 Å². The first kappa shape index (κ1) is 25.1. The second kappa shape index (κ2) is 9.93. The largest absolute Gasteiger partial charge is 0.433 e. The number of carbonyl (C=O) groups excluding carboxylic acids is 1. The minimum atomic E-state index is -4.55. The van der Waals surface area contributed by atoms with Crippen molar-refractivity contribution < 1.29 is 18.0 Å². The van der Waals surface area contributed by atoms with Gasteiger partial charge < -0.3 is 14.5 Å². The van der Waals surface area contributed by atoms with Crippen LogP contribution < -0.4 is 14.5 Å². The highest BCUT2D eigenvalue weighted by Crippen LogP contribution is 2.38. The molecule has 2 heterocycles. The summed E-state index contributed by atoms with van der Waals surface area (Å²) in [5, 5.41) is 3.71. The average molecular weight is 504 g/mol. The molecule has 0 atom stereocenters. The van der Waals surface area contributed by atoms with Crippen molar-refractivity contribution in [3.8, 4) is 0 Å². The highest BCUT2D eigenvalue weighted by Gasteiger charge is 2.35. The van der Waals surface area contributed by atoms with Gasteiger partial charge in [-0.15, -0.1) is 0 Å².